The molecule has 0 fully saturated rings. The van der Waals surface area contributed by atoms with Crippen molar-refractivity contribution in [2.24, 2.45) is 0 Å². The van der Waals surface area contributed by atoms with Gasteiger partial charge in [0.2, 0.25) is 0 Å². The van der Waals surface area contributed by atoms with Gasteiger partial charge in [-0.3, -0.25) is 4.79 Å². The summed E-state index contributed by atoms with van der Waals surface area (Å²) < 4.78 is 18.8. The third kappa shape index (κ3) is 4.90. The van der Waals surface area contributed by atoms with Crippen molar-refractivity contribution < 1.29 is 18.7 Å². The smallest absolute Gasteiger partial charge is 0.343 e. The Balaban J connectivity index is 1.66. The maximum atomic E-state index is 13.6. The van der Waals surface area contributed by atoms with Gasteiger partial charge in [0, 0.05) is 16.1 Å². The van der Waals surface area contributed by atoms with Crippen molar-refractivity contribution in [3.05, 3.63) is 106 Å². The Kier molecular flexibility index (Phi) is 5.79. The molecule has 3 aromatic carbocycles. The molecule has 3 nitrogen and oxygen atoms in total. The van der Waals surface area contributed by atoms with E-state index in [2.05, 4.69) is 0 Å². The van der Waals surface area contributed by atoms with Crippen molar-refractivity contribution >= 4 is 29.4 Å². The van der Waals surface area contributed by atoms with Crippen molar-refractivity contribution in [2.75, 3.05) is 0 Å². The Hall–Kier alpha value is -3.24. The van der Waals surface area contributed by atoms with Crippen LogP contribution in [-0.4, -0.2) is 11.8 Å². The number of hydrogen-bond donors (Lipinski definition) is 0. The fraction of sp³-hybridized carbons (Fsp3) is 0. The van der Waals surface area contributed by atoms with Gasteiger partial charge in [0.25, 0.3) is 0 Å². The van der Waals surface area contributed by atoms with Gasteiger partial charge < -0.3 is 4.74 Å². The molecule has 0 N–H and O–H groups in total. The first-order chi connectivity index (χ1) is 13.0. The Bertz CT molecular complexity index is 993. The van der Waals surface area contributed by atoms with Gasteiger partial charge >= 0.3 is 5.97 Å². The van der Waals surface area contributed by atoms with Crippen LogP contribution >= 0.6 is 11.6 Å². The molecule has 0 heterocycles. The minimum Gasteiger partial charge on any atom is -0.423 e. The molecule has 0 atom stereocenters. The molecule has 3 rings (SSSR count). The second kappa shape index (κ2) is 8.43. The van der Waals surface area contributed by atoms with Gasteiger partial charge in [-0.2, -0.15) is 0 Å². The van der Waals surface area contributed by atoms with Gasteiger partial charge in [-0.15, -0.1) is 0 Å². The lowest BCUT2D eigenvalue weighted by molar-refractivity contribution is 0.0734. The lowest BCUT2D eigenvalue weighted by Crippen LogP contribution is -2.08. The van der Waals surface area contributed by atoms with E-state index in [1.54, 1.807) is 54.6 Å². The molecule has 0 aliphatic rings. The molecule has 0 aromatic heterocycles. The minimum atomic E-state index is -0.523. The highest BCUT2D eigenvalue weighted by Gasteiger charge is 2.09. The third-order valence-corrected chi connectivity index (χ3v) is 4.00. The van der Waals surface area contributed by atoms with E-state index < -0.39 is 11.8 Å². The Labute approximate surface area is 160 Å². The zero-order chi connectivity index (χ0) is 19.2. The minimum absolute atomic E-state index is 0.283. The van der Waals surface area contributed by atoms with Gasteiger partial charge in [0.05, 0.1) is 5.56 Å². The van der Waals surface area contributed by atoms with Crippen LogP contribution < -0.4 is 4.74 Å². The van der Waals surface area contributed by atoms with E-state index in [0.717, 1.165) is 0 Å². The first kappa shape index (κ1) is 18.5. The molecule has 3 aromatic rings. The summed E-state index contributed by atoms with van der Waals surface area (Å²) in [5.41, 5.74) is 1.10. The normalized spacial score (nSPS) is 10.7. The fourth-order valence-electron chi connectivity index (χ4n) is 2.31. The van der Waals surface area contributed by atoms with Crippen molar-refractivity contribution in [3.63, 3.8) is 0 Å². The molecule has 0 aliphatic heterocycles. The zero-order valence-corrected chi connectivity index (χ0v) is 14.8. The molecule has 0 unspecified atom stereocenters. The number of halogens is 2. The number of ketones is 1. The van der Waals surface area contributed by atoms with Crippen molar-refractivity contribution in [1.29, 1.82) is 0 Å². The molecular weight excluding hydrogens is 367 g/mol. The van der Waals surface area contributed by atoms with E-state index in [1.807, 2.05) is 0 Å². The second-order valence-corrected chi connectivity index (χ2v) is 6.08. The predicted octanol–water partition coefficient (Wildman–Crippen LogP) is 5.59. The highest BCUT2D eigenvalue weighted by atomic mass is 35.5. The summed E-state index contributed by atoms with van der Waals surface area (Å²) in [7, 11) is 0. The van der Waals surface area contributed by atoms with Crippen LogP contribution in [0.15, 0.2) is 78.9 Å². The number of carbonyl (C=O) groups excluding carboxylic acids is 2. The molecular formula is C22H14ClFO3. The number of rotatable bonds is 5. The first-order valence-electron chi connectivity index (χ1n) is 8.08. The third-order valence-electron chi connectivity index (χ3n) is 3.75. The largest absolute Gasteiger partial charge is 0.423 e. The predicted molar refractivity (Wildman–Crippen MR) is 103 cm³/mol. The van der Waals surface area contributed by atoms with E-state index in [-0.39, 0.29) is 5.78 Å². The van der Waals surface area contributed by atoms with Gasteiger partial charge in [-0.05, 0) is 66.7 Å². The highest BCUT2D eigenvalue weighted by Crippen LogP contribution is 2.17. The highest BCUT2D eigenvalue weighted by molar-refractivity contribution is 6.30. The summed E-state index contributed by atoms with van der Waals surface area (Å²) >= 11 is 5.79. The molecule has 0 radical (unpaired) electrons. The Morgan fingerprint density at radius 1 is 0.852 bits per heavy atom. The lowest BCUT2D eigenvalue weighted by atomic mass is 10.1. The van der Waals surface area contributed by atoms with Crippen LogP contribution in [0.1, 0.15) is 26.3 Å². The first-order valence-corrected chi connectivity index (χ1v) is 8.45. The van der Waals surface area contributed by atoms with Crippen LogP contribution in [0.25, 0.3) is 6.08 Å². The monoisotopic (exact) mass is 380 g/mol. The average Bonchev–Trinajstić information content (AvgIpc) is 2.68. The number of esters is 1. The van der Waals surface area contributed by atoms with Crippen molar-refractivity contribution in [1.82, 2.24) is 0 Å². The molecule has 134 valence electrons. The molecule has 0 saturated heterocycles. The van der Waals surface area contributed by atoms with E-state index in [4.69, 9.17) is 16.3 Å². The topological polar surface area (TPSA) is 43.4 Å². The quantitative estimate of drug-likeness (QED) is 0.250. The van der Waals surface area contributed by atoms with Crippen LogP contribution in [-0.2, 0) is 0 Å². The number of hydrogen-bond acceptors (Lipinski definition) is 3. The van der Waals surface area contributed by atoms with Gasteiger partial charge in [0.1, 0.15) is 11.6 Å². The number of ether oxygens (including phenoxy) is 1. The number of carbonyl (C=O) groups is 2. The van der Waals surface area contributed by atoms with Crippen LogP contribution in [0.4, 0.5) is 4.39 Å². The molecule has 27 heavy (non-hydrogen) atoms. The van der Waals surface area contributed by atoms with Gasteiger partial charge in [-0.1, -0.05) is 29.8 Å². The summed E-state index contributed by atoms with van der Waals surface area (Å²) in [5.74, 6) is -0.894. The number of allylic oxidation sites excluding steroid dienone is 1. The van der Waals surface area contributed by atoms with Crippen LogP contribution in [0.5, 0.6) is 5.75 Å². The molecule has 0 aliphatic carbocycles. The molecule has 0 saturated carbocycles. The van der Waals surface area contributed by atoms with Crippen LogP contribution in [0.3, 0.4) is 0 Å². The van der Waals surface area contributed by atoms with E-state index in [1.165, 1.54) is 30.4 Å². The summed E-state index contributed by atoms with van der Waals surface area (Å²) in [5, 5.41) is 0.526. The van der Waals surface area contributed by atoms with Crippen LogP contribution in [0, 0.1) is 5.82 Å². The maximum Gasteiger partial charge on any atom is 0.343 e. The summed E-state index contributed by atoms with van der Waals surface area (Å²) in [4.78, 5) is 24.2. The maximum absolute atomic E-state index is 13.6. The Morgan fingerprint density at radius 2 is 1.48 bits per heavy atom. The van der Waals surface area contributed by atoms with Gasteiger partial charge in [0.15, 0.2) is 5.78 Å². The summed E-state index contributed by atoms with van der Waals surface area (Å²) in [6, 6.07) is 18.6. The van der Waals surface area contributed by atoms with E-state index in [9.17, 15) is 14.0 Å². The van der Waals surface area contributed by atoms with Gasteiger partial charge in [-0.25, -0.2) is 9.18 Å². The molecule has 5 heteroatoms. The summed E-state index contributed by atoms with van der Waals surface area (Å²) in [6.07, 6.45) is 2.72. The standard InChI is InChI=1S/C22H14ClFO3/c23-18-10-5-17(6-11-18)22(26)27-19-12-7-16(8-13-19)21(25)14-9-15-3-1-2-4-20(15)24/h1-14H/b14-9+. The number of benzene rings is 3. The second-order valence-electron chi connectivity index (χ2n) is 5.64. The average molecular weight is 381 g/mol. The van der Waals surface area contributed by atoms with Crippen LogP contribution in [0.2, 0.25) is 5.02 Å². The SMILES string of the molecule is O=C(/C=C/c1ccccc1F)c1ccc(OC(=O)c2ccc(Cl)cc2)cc1. The molecule has 0 bridgehead atoms. The van der Waals surface area contributed by atoms with E-state index >= 15 is 0 Å². The molecule has 0 spiro atoms. The van der Waals surface area contributed by atoms with E-state index in [0.29, 0.717) is 27.5 Å². The fourth-order valence-corrected chi connectivity index (χ4v) is 2.44. The Morgan fingerprint density at radius 3 is 2.15 bits per heavy atom. The lowest BCUT2D eigenvalue weighted by Gasteiger charge is -2.05. The van der Waals surface area contributed by atoms with Crippen molar-refractivity contribution in [3.8, 4) is 5.75 Å². The van der Waals surface area contributed by atoms with Crippen molar-refractivity contribution in [2.45, 2.75) is 0 Å². The zero-order valence-electron chi connectivity index (χ0n) is 14.1. The summed E-state index contributed by atoms with van der Waals surface area (Å²) in [6.45, 7) is 0. The molecule has 0 amide bonds.